The topological polar surface area (TPSA) is 77.4 Å². The monoisotopic (exact) mass is 344 g/mol. The van der Waals surface area contributed by atoms with Crippen LogP contribution in [0.3, 0.4) is 0 Å². The van der Waals surface area contributed by atoms with Crippen molar-refractivity contribution in [1.82, 2.24) is 19.9 Å². The molecule has 3 atom stereocenters. The molecule has 3 heterocycles. The van der Waals surface area contributed by atoms with Gasteiger partial charge in [-0.1, -0.05) is 0 Å². The normalized spacial score (nSPS) is 25.5. The number of halogens is 1. The van der Waals surface area contributed by atoms with Gasteiger partial charge in [-0.15, -0.1) is 0 Å². The maximum absolute atomic E-state index is 13.9. The molecule has 0 radical (unpaired) electrons. The average Bonchev–Trinajstić information content (AvgIpc) is 2.92. The number of ether oxygens (including phenoxy) is 2. The minimum atomic E-state index is -0.528. The van der Waals surface area contributed by atoms with Crippen molar-refractivity contribution in [3.05, 3.63) is 48.4 Å². The molecule has 1 aliphatic carbocycles. The fourth-order valence-corrected chi connectivity index (χ4v) is 3.45. The van der Waals surface area contributed by atoms with Gasteiger partial charge in [0.1, 0.15) is 18.1 Å². The highest BCUT2D eigenvalue weighted by Gasteiger charge is 2.46. The van der Waals surface area contributed by atoms with E-state index < -0.39 is 11.9 Å². The summed E-state index contributed by atoms with van der Waals surface area (Å²) in [5, 5.41) is 0. The Morgan fingerprint density at radius 3 is 3.00 bits per heavy atom. The molecule has 1 aliphatic heterocycles. The predicted octanol–water partition coefficient (Wildman–Crippen LogP) is 1.46. The van der Waals surface area contributed by atoms with Gasteiger partial charge < -0.3 is 14.4 Å². The van der Waals surface area contributed by atoms with Gasteiger partial charge in [0.25, 0.3) is 11.8 Å². The van der Waals surface area contributed by atoms with Crippen LogP contribution in [0.2, 0.25) is 0 Å². The minimum absolute atomic E-state index is 0.0654. The average molecular weight is 344 g/mol. The van der Waals surface area contributed by atoms with Crippen LogP contribution < -0.4 is 4.74 Å². The molecule has 4 rings (SSSR count). The minimum Gasteiger partial charge on any atom is -0.467 e. The first-order chi connectivity index (χ1) is 12.2. The Bertz CT molecular complexity index is 761. The van der Waals surface area contributed by atoms with Gasteiger partial charge in [0.2, 0.25) is 0 Å². The van der Waals surface area contributed by atoms with Crippen LogP contribution in [0, 0.1) is 5.82 Å². The van der Waals surface area contributed by atoms with Gasteiger partial charge in [-0.25, -0.2) is 19.3 Å². The van der Waals surface area contributed by atoms with Crippen LogP contribution >= 0.6 is 0 Å². The lowest BCUT2D eigenvalue weighted by molar-refractivity contribution is 0.000302. The van der Waals surface area contributed by atoms with Crippen molar-refractivity contribution < 1.29 is 18.7 Å². The van der Waals surface area contributed by atoms with Gasteiger partial charge in [0.15, 0.2) is 5.82 Å². The molecule has 1 amide bonds. The Morgan fingerprint density at radius 2 is 2.20 bits per heavy atom. The SMILES string of the molecule is O=C(c1ccncn1)N1CCO[C@H]2CC[C@H]1[C@H]2Oc1ncccc1F. The van der Waals surface area contributed by atoms with Crippen LogP contribution in [0.1, 0.15) is 23.3 Å². The number of hydrogen-bond acceptors (Lipinski definition) is 6. The number of rotatable bonds is 3. The smallest absolute Gasteiger partial charge is 0.273 e. The Balaban J connectivity index is 1.60. The maximum atomic E-state index is 13.9. The third-order valence-electron chi connectivity index (χ3n) is 4.59. The van der Waals surface area contributed by atoms with Gasteiger partial charge in [-0.3, -0.25) is 4.79 Å². The molecule has 2 aromatic rings. The van der Waals surface area contributed by atoms with Crippen molar-refractivity contribution in [2.45, 2.75) is 31.1 Å². The largest absolute Gasteiger partial charge is 0.467 e. The van der Waals surface area contributed by atoms with E-state index in [0.717, 1.165) is 12.8 Å². The van der Waals surface area contributed by atoms with Gasteiger partial charge in [0.05, 0.1) is 18.8 Å². The second-order valence-electron chi connectivity index (χ2n) is 6.02. The van der Waals surface area contributed by atoms with Crippen molar-refractivity contribution in [2.24, 2.45) is 0 Å². The standard InChI is InChI=1S/C17H17FN4O3/c18-11-2-1-6-20-16(11)25-15-13-3-4-14(15)24-9-8-22(13)17(23)12-5-7-19-10-21-12/h1-2,5-7,10,13-15H,3-4,8-9H2/t13-,14-,15+/m0/s1. The van der Waals surface area contributed by atoms with Crippen molar-refractivity contribution in [2.75, 3.05) is 13.2 Å². The summed E-state index contributed by atoms with van der Waals surface area (Å²) >= 11 is 0. The highest BCUT2D eigenvalue weighted by Crippen LogP contribution is 2.33. The zero-order valence-electron chi connectivity index (χ0n) is 13.4. The van der Waals surface area contributed by atoms with E-state index in [-0.39, 0.29) is 23.9 Å². The van der Waals surface area contributed by atoms with E-state index in [2.05, 4.69) is 15.0 Å². The fourth-order valence-electron chi connectivity index (χ4n) is 3.45. The molecule has 2 fully saturated rings. The summed E-state index contributed by atoms with van der Waals surface area (Å²) in [4.78, 5) is 26.4. The number of hydrogen-bond donors (Lipinski definition) is 0. The predicted molar refractivity (Wildman–Crippen MR) is 84.4 cm³/mol. The van der Waals surface area contributed by atoms with Crippen LogP contribution in [0.4, 0.5) is 4.39 Å². The second-order valence-corrected chi connectivity index (χ2v) is 6.02. The van der Waals surface area contributed by atoms with Crippen LogP contribution in [-0.2, 0) is 4.74 Å². The number of fused-ring (bicyclic) bond motifs is 2. The molecule has 2 aromatic heterocycles. The lowest BCUT2D eigenvalue weighted by Gasteiger charge is -2.31. The van der Waals surface area contributed by atoms with Crippen LogP contribution in [-0.4, -0.2) is 57.2 Å². The molecule has 1 saturated carbocycles. The Labute approximate surface area is 143 Å². The van der Waals surface area contributed by atoms with Gasteiger partial charge in [-0.2, -0.15) is 0 Å². The Kier molecular flexibility index (Phi) is 4.27. The summed E-state index contributed by atoms with van der Waals surface area (Å²) in [6, 6.07) is 4.17. The molecule has 0 N–H and O–H groups in total. The molecular formula is C17H17FN4O3. The number of carbonyl (C=O) groups is 1. The van der Waals surface area contributed by atoms with Gasteiger partial charge in [0, 0.05) is 18.9 Å². The van der Waals surface area contributed by atoms with E-state index in [1.54, 1.807) is 11.0 Å². The van der Waals surface area contributed by atoms with E-state index in [1.807, 2.05) is 0 Å². The van der Waals surface area contributed by atoms with Crippen LogP contribution in [0.15, 0.2) is 36.9 Å². The number of nitrogens with zero attached hydrogens (tertiary/aromatic N) is 4. The Morgan fingerprint density at radius 1 is 1.28 bits per heavy atom. The molecule has 2 bridgehead atoms. The van der Waals surface area contributed by atoms with Crippen LogP contribution in [0.5, 0.6) is 5.88 Å². The summed E-state index contributed by atoms with van der Waals surface area (Å²) in [5.74, 6) is -0.794. The van der Waals surface area contributed by atoms with Gasteiger partial charge in [-0.05, 0) is 31.0 Å². The number of carbonyl (C=O) groups excluding carboxylic acids is 1. The van der Waals surface area contributed by atoms with Gasteiger partial charge >= 0.3 is 0 Å². The first-order valence-corrected chi connectivity index (χ1v) is 8.20. The summed E-state index contributed by atoms with van der Waals surface area (Å²) in [6.07, 6.45) is 5.17. The van der Waals surface area contributed by atoms with Crippen molar-refractivity contribution in [3.63, 3.8) is 0 Å². The second kappa shape index (κ2) is 6.72. The highest BCUT2D eigenvalue weighted by atomic mass is 19.1. The number of pyridine rings is 1. The molecular weight excluding hydrogens is 327 g/mol. The lowest BCUT2D eigenvalue weighted by Crippen LogP contribution is -2.48. The van der Waals surface area contributed by atoms with E-state index in [1.165, 1.54) is 30.9 Å². The van der Waals surface area contributed by atoms with E-state index in [9.17, 15) is 9.18 Å². The first kappa shape index (κ1) is 15.9. The summed E-state index contributed by atoms with van der Waals surface area (Å²) in [7, 11) is 0. The molecule has 7 nitrogen and oxygen atoms in total. The fraction of sp³-hybridized carbons (Fsp3) is 0.412. The molecule has 8 heteroatoms. The van der Waals surface area contributed by atoms with E-state index in [4.69, 9.17) is 9.47 Å². The molecule has 130 valence electrons. The number of amides is 1. The Hall–Kier alpha value is -2.61. The summed E-state index contributed by atoms with van der Waals surface area (Å²) in [5.41, 5.74) is 0.322. The third kappa shape index (κ3) is 3.05. The van der Waals surface area contributed by atoms with Crippen LogP contribution in [0.25, 0.3) is 0 Å². The zero-order chi connectivity index (χ0) is 17.2. The zero-order valence-corrected chi connectivity index (χ0v) is 13.4. The van der Waals surface area contributed by atoms with Crippen molar-refractivity contribution in [1.29, 1.82) is 0 Å². The van der Waals surface area contributed by atoms with Crippen molar-refractivity contribution >= 4 is 5.91 Å². The maximum Gasteiger partial charge on any atom is 0.273 e. The molecule has 1 saturated heterocycles. The summed E-state index contributed by atoms with van der Waals surface area (Å²) < 4.78 is 25.6. The first-order valence-electron chi connectivity index (χ1n) is 8.20. The molecule has 2 aliphatic rings. The number of aromatic nitrogens is 3. The highest BCUT2D eigenvalue weighted by molar-refractivity contribution is 5.92. The molecule has 0 spiro atoms. The van der Waals surface area contributed by atoms with E-state index in [0.29, 0.717) is 18.8 Å². The molecule has 25 heavy (non-hydrogen) atoms. The summed E-state index contributed by atoms with van der Waals surface area (Å²) in [6.45, 7) is 0.844. The van der Waals surface area contributed by atoms with E-state index >= 15 is 0 Å². The van der Waals surface area contributed by atoms with Crippen molar-refractivity contribution in [3.8, 4) is 5.88 Å². The quantitative estimate of drug-likeness (QED) is 0.839. The molecule has 0 aromatic carbocycles. The third-order valence-corrected chi connectivity index (χ3v) is 4.59. The molecule has 0 unspecified atom stereocenters. The lowest BCUT2D eigenvalue weighted by atomic mass is 10.1.